The molecular weight excluding hydrogens is 969 g/mol. The number of hydrogen-bond acceptors (Lipinski definition) is 15. The molecule has 1 aromatic carbocycles. The topological polar surface area (TPSA) is 203 Å². The molecule has 4 saturated heterocycles. The minimum Gasteiger partial charge on any atom is -0.756 e. The SMILES string of the molecule is CCCC(CCC)CCC1C(Cc2ccccc2)OC(CC)C1OP(=O)([O-])OC.CCCC1CCCCC(CCC)CCC2C(C)OC(CC)C2OP(=O)([O-])OCC2OC(C)C(CC1)C2OP(=O)([O-])OC. The average Bonchev–Trinajstić information content (AvgIpc) is 3.93. The Bertz CT molecular complexity index is 1750. The fraction of sp³-hybridized carbons (Fsp3) is 0.887. The summed E-state index contributed by atoms with van der Waals surface area (Å²) in [5.41, 5.74) is 1.20. The molecule has 0 saturated carbocycles. The Morgan fingerprint density at radius 2 is 1.21 bits per heavy atom. The van der Waals surface area contributed by atoms with Gasteiger partial charge in [-0.15, -0.1) is 0 Å². The molecule has 0 radical (unpaired) electrons. The molecule has 5 rings (SSSR count). The summed E-state index contributed by atoms with van der Waals surface area (Å²) in [6.07, 6.45) is 17.5. The molecule has 71 heavy (non-hydrogen) atoms. The smallest absolute Gasteiger partial charge is 0.268 e. The Morgan fingerprint density at radius 1 is 0.662 bits per heavy atom. The Morgan fingerprint density at radius 3 is 1.75 bits per heavy atom. The molecule has 0 aromatic heterocycles. The quantitative estimate of drug-likeness (QED) is 0.105. The van der Waals surface area contributed by atoms with E-state index in [0.29, 0.717) is 37.0 Å². The molecule has 4 aliphatic rings. The first-order valence-electron chi connectivity index (χ1n) is 27.6. The van der Waals surface area contributed by atoms with Crippen LogP contribution in [-0.4, -0.2) is 75.8 Å². The van der Waals surface area contributed by atoms with Crippen LogP contribution in [0.1, 0.15) is 189 Å². The van der Waals surface area contributed by atoms with Gasteiger partial charge in [-0.3, -0.25) is 13.7 Å². The lowest BCUT2D eigenvalue weighted by Crippen LogP contribution is -2.36. The second kappa shape index (κ2) is 31.6. The van der Waals surface area contributed by atoms with E-state index in [1.54, 1.807) is 0 Å². The molecule has 4 heterocycles. The maximum atomic E-state index is 13.2. The molecule has 0 amide bonds. The van der Waals surface area contributed by atoms with Crippen molar-refractivity contribution in [3.05, 3.63) is 35.9 Å². The van der Waals surface area contributed by atoms with Crippen molar-refractivity contribution in [2.45, 2.75) is 245 Å². The standard InChI is InChI=1S/C30H58O10P2.C23H39O5P/c1-7-12-23-14-10-11-15-24(13-8-2)17-19-26-22(5)38-28(30(26)39-41(31,32)35-6)20-36-42(33,34)40-29-25(18-16-23)21(4)37-27(29)9-3;1-5-11-18(12-6-2)15-16-20-22(17-19-13-9-8-10-14-19)27-21(7-3)23(20)28-29(24,25)26-4/h21-30H,7-20H2,1-6H3,(H,31,32)(H,33,34);8-10,13-14,18,20-23H,5-7,11-12,15-17H2,1-4H3,(H,24,25)/p-3. The molecule has 1 aromatic rings. The van der Waals surface area contributed by atoms with Crippen molar-refractivity contribution in [3.8, 4) is 0 Å². The van der Waals surface area contributed by atoms with Crippen LogP contribution >= 0.6 is 23.5 Å². The van der Waals surface area contributed by atoms with Gasteiger partial charge < -0.3 is 56.0 Å². The van der Waals surface area contributed by atoms with E-state index in [9.17, 15) is 28.4 Å². The van der Waals surface area contributed by atoms with Crippen molar-refractivity contribution in [1.82, 2.24) is 0 Å². The summed E-state index contributed by atoms with van der Waals surface area (Å²) in [4.78, 5) is 37.7. The van der Waals surface area contributed by atoms with E-state index in [4.69, 9.17) is 32.3 Å². The summed E-state index contributed by atoms with van der Waals surface area (Å²) in [6, 6.07) is 10.3. The van der Waals surface area contributed by atoms with Gasteiger partial charge in [0, 0.05) is 32.0 Å². The zero-order valence-corrected chi connectivity index (χ0v) is 47.8. The predicted molar refractivity (Wildman–Crippen MR) is 272 cm³/mol. The molecule has 2 bridgehead atoms. The third-order valence-corrected chi connectivity index (χ3v) is 18.7. The summed E-state index contributed by atoms with van der Waals surface area (Å²) in [5.74, 6) is 1.52. The Balaban J connectivity index is 0.000000330. The number of fused-ring (bicyclic) bond motifs is 3. The van der Waals surface area contributed by atoms with Crippen LogP contribution < -0.4 is 14.7 Å². The lowest BCUT2D eigenvalue weighted by atomic mass is 9.83. The maximum Gasteiger partial charge on any atom is 0.268 e. The van der Waals surface area contributed by atoms with Crippen LogP contribution in [0.15, 0.2) is 30.3 Å². The second-order valence-electron chi connectivity index (χ2n) is 21.0. The zero-order chi connectivity index (χ0) is 52.2. The Hall–Kier alpha value is -0.570. The average molecular weight is 1060 g/mol. The van der Waals surface area contributed by atoms with Gasteiger partial charge in [-0.1, -0.05) is 149 Å². The second-order valence-corrected chi connectivity index (χ2v) is 25.3. The van der Waals surface area contributed by atoms with Crippen molar-refractivity contribution in [1.29, 1.82) is 0 Å². The van der Waals surface area contributed by atoms with Crippen LogP contribution in [0.2, 0.25) is 0 Å². The molecule has 0 aliphatic carbocycles. The largest absolute Gasteiger partial charge is 0.756 e. The molecule has 15 nitrogen and oxygen atoms in total. The summed E-state index contributed by atoms with van der Waals surface area (Å²) < 4.78 is 87.6. The monoisotopic (exact) mass is 1060 g/mol. The summed E-state index contributed by atoms with van der Waals surface area (Å²) >= 11 is 0. The van der Waals surface area contributed by atoms with Crippen molar-refractivity contribution in [3.63, 3.8) is 0 Å². The van der Waals surface area contributed by atoms with Crippen molar-refractivity contribution < 1.29 is 69.7 Å². The van der Waals surface area contributed by atoms with Gasteiger partial charge in [0.1, 0.15) is 6.10 Å². The van der Waals surface area contributed by atoms with Crippen LogP contribution in [0.4, 0.5) is 0 Å². The highest BCUT2D eigenvalue weighted by atomic mass is 31.2. The number of benzene rings is 1. The summed E-state index contributed by atoms with van der Waals surface area (Å²) in [5, 5.41) is 0. The third-order valence-electron chi connectivity index (χ3n) is 15.8. The van der Waals surface area contributed by atoms with E-state index in [2.05, 4.69) is 48.9 Å². The first-order chi connectivity index (χ1) is 33.9. The van der Waals surface area contributed by atoms with Crippen LogP contribution in [0, 0.1) is 35.5 Å². The first-order valence-corrected chi connectivity index (χ1v) is 32.0. The number of rotatable bonds is 21. The molecule has 18 heteroatoms. The van der Waals surface area contributed by atoms with Crippen molar-refractivity contribution in [2.24, 2.45) is 35.5 Å². The molecular formula is C53H94O15P3-3. The lowest BCUT2D eigenvalue weighted by Gasteiger charge is -2.33. The van der Waals surface area contributed by atoms with E-state index >= 15 is 0 Å². The van der Waals surface area contributed by atoms with E-state index in [1.165, 1.54) is 56.9 Å². The molecule has 17 atom stereocenters. The fourth-order valence-corrected chi connectivity index (χ4v) is 14.5. The van der Waals surface area contributed by atoms with E-state index in [0.717, 1.165) is 78.4 Å². The van der Waals surface area contributed by atoms with Gasteiger partial charge >= 0.3 is 0 Å². The highest BCUT2D eigenvalue weighted by Crippen LogP contribution is 2.51. The van der Waals surface area contributed by atoms with E-state index in [1.807, 2.05) is 45.9 Å². The van der Waals surface area contributed by atoms with Crippen molar-refractivity contribution >= 4 is 23.5 Å². The Labute approximate surface area is 429 Å². The molecule has 4 fully saturated rings. The van der Waals surface area contributed by atoms with Gasteiger partial charge in [-0.2, -0.15) is 0 Å². The summed E-state index contributed by atoms with van der Waals surface area (Å²) in [6.45, 7) is 16.3. The van der Waals surface area contributed by atoms with Crippen molar-refractivity contribution in [2.75, 3.05) is 20.8 Å². The van der Waals surface area contributed by atoms with Gasteiger partial charge in [-0.25, -0.2) is 0 Å². The van der Waals surface area contributed by atoms with Gasteiger partial charge in [0.25, 0.3) is 23.5 Å². The van der Waals surface area contributed by atoms with Crippen LogP contribution in [0.25, 0.3) is 0 Å². The lowest BCUT2D eigenvalue weighted by molar-refractivity contribution is -0.237. The van der Waals surface area contributed by atoms with Crippen LogP contribution in [0.3, 0.4) is 0 Å². The first kappa shape index (κ1) is 63.0. The summed E-state index contributed by atoms with van der Waals surface area (Å²) in [7, 11) is -11.5. The normalized spacial score (nSPS) is 36.1. The zero-order valence-electron chi connectivity index (χ0n) is 45.1. The minimum atomic E-state index is -4.78. The number of ether oxygens (including phenoxy) is 3. The molecule has 0 N–H and O–H groups in total. The molecule has 17 unspecified atom stereocenters. The maximum absolute atomic E-state index is 13.2. The van der Waals surface area contributed by atoms with Gasteiger partial charge in [0.15, 0.2) is 0 Å². The number of hydrogen-bond donors (Lipinski definition) is 0. The van der Waals surface area contributed by atoms with E-state index < -0.39 is 54.5 Å². The fourth-order valence-electron chi connectivity index (χ4n) is 12.1. The number of phosphoric acid groups is 3. The highest BCUT2D eigenvalue weighted by molar-refractivity contribution is 7.46. The highest BCUT2D eigenvalue weighted by Gasteiger charge is 2.48. The molecule has 0 spiro atoms. The van der Waals surface area contributed by atoms with Gasteiger partial charge in [0.2, 0.25) is 0 Å². The van der Waals surface area contributed by atoms with Gasteiger partial charge in [-0.05, 0) is 95.0 Å². The van der Waals surface area contributed by atoms with Crippen LogP contribution in [0.5, 0.6) is 0 Å². The third kappa shape index (κ3) is 20.4. The number of phosphoric ester groups is 3. The minimum absolute atomic E-state index is 0.0359. The van der Waals surface area contributed by atoms with Gasteiger partial charge in [0.05, 0.1) is 55.4 Å². The van der Waals surface area contributed by atoms with Crippen LogP contribution in [-0.2, 0) is 61.5 Å². The molecule has 414 valence electrons. The Kier molecular flexibility index (Phi) is 28.0. The molecule has 4 aliphatic heterocycles. The van der Waals surface area contributed by atoms with E-state index in [-0.39, 0.29) is 48.3 Å². The predicted octanol–water partition coefficient (Wildman–Crippen LogP) is 12.1.